The molecule has 100 valence electrons. The van der Waals surface area contributed by atoms with E-state index in [1.54, 1.807) is 25.8 Å². The lowest BCUT2D eigenvalue weighted by atomic mass is 10.1. The van der Waals surface area contributed by atoms with E-state index in [2.05, 4.69) is 10.5 Å². The molecular formula is C12H19N3O3. The molecule has 1 aliphatic rings. The minimum atomic E-state index is -0.0691. The van der Waals surface area contributed by atoms with Crippen molar-refractivity contribution in [2.75, 3.05) is 33.3 Å². The maximum absolute atomic E-state index is 12.3. The predicted octanol–water partition coefficient (Wildman–Crippen LogP) is 0.352. The maximum atomic E-state index is 12.3. The summed E-state index contributed by atoms with van der Waals surface area (Å²) in [5.41, 5.74) is 1.19. The SMILES string of the molecule is Cc1noc(C)c1C(=O)N(C)CC1CNCCO1. The summed E-state index contributed by atoms with van der Waals surface area (Å²) in [6, 6.07) is 0. The van der Waals surface area contributed by atoms with Crippen LogP contribution in [0.15, 0.2) is 4.52 Å². The smallest absolute Gasteiger partial charge is 0.259 e. The molecule has 1 fully saturated rings. The number of likely N-dealkylation sites (N-methyl/N-ethyl adjacent to an activating group) is 1. The van der Waals surface area contributed by atoms with E-state index in [4.69, 9.17) is 9.26 Å². The van der Waals surface area contributed by atoms with Gasteiger partial charge in [0, 0.05) is 26.7 Å². The second kappa shape index (κ2) is 5.49. The average molecular weight is 253 g/mol. The maximum Gasteiger partial charge on any atom is 0.259 e. The Bertz CT molecular complexity index is 405. The van der Waals surface area contributed by atoms with Gasteiger partial charge in [-0.15, -0.1) is 0 Å². The topological polar surface area (TPSA) is 67.6 Å². The minimum Gasteiger partial charge on any atom is -0.374 e. The number of nitrogens with zero attached hydrogens (tertiary/aromatic N) is 2. The zero-order valence-electron chi connectivity index (χ0n) is 11.0. The molecule has 18 heavy (non-hydrogen) atoms. The normalized spacial score (nSPS) is 19.8. The highest BCUT2D eigenvalue weighted by molar-refractivity contribution is 5.95. The van der Waals surface area contributed by atoms with Gasteiger partial charge in [-0.1, -0.05) is 5.16 Å². The number of rotatable bonds is 3. The van der Waals surface area contributed by atoms with Crippen molar-refractivity contribution in [1.82, 2.24) is 15.4 Å². The van der Waals surface area contributed by atoms with Gasteiger partial charge in [0.1, 0.15) is 11.3 Å². The highest BCUT2D eigenvalue weighted by Gasteiger charge is 2.24. The number of hydrogen-bond acceptors (Lipinski definition) is 5. The lowest BCUT2D eigenvalue weighted by Gasteiger charge is -2.28. The number of aromatic nitrogens is 1. The predicted molar refractivity (Wildman–Crippen MR) is 65.5 cm³/mol. The van der Waals surface area contributed by atoms with Crippen molar-refractivity contribution >= 4 is 5.91 Å². The highest BCUT2D eigenvalue weighted by Crippen LogP contribution is 2.14. The second-order valence-electron chi connectivity index (χ2n) is 4.58. The number of carbonyl (C=O) groups excluding carboxylic acids is 1. The van der Waals surface area contributed by atoms with E-state index in [1.165, 1.54) is 0 Å². The van der Waals surface area contributed by atoms with Gasteiger partial charge in [0.05, 0.1) is 18.4 Å². The number of aryl methyl sites for hydroxylation is 2. The monoisotopic (exact) mass is 253 g/mol. The van der Waals surface area contributed by atoms with Crippen molar-refractivity contribution in [1.29, 1.82) is 0 Å². The molecule has 1 amide bonds. The molecular weight excluding hydrogens is 234 g/mol. The van der Waals surface area contributed by atoms with Crippen LogP contribution < -0.4 is 5.32 Å². The third-order valence-electron chi connectivity index (χ3n) is 3.08. The van der Waals surface area contributed by atoms with Gasteiger partial charge in [-0.25, -0.2) is 0 Å². The van der Waals surface area contributed by atoms with E-state index >= 15 is 0 Å². The van der Waals surface area contributed by atoms with Crippen LogP contribution in [0.2, 0.25) is 0 Å². The first kappa shape index (κ1) is 13.0. The Morgan fingerprint density at radius 3 is 2.89 bits per heavy atom. The number of hydrogen-bond donors (Lipinski definition) is 1. The Morgan fingerprint density at radius 2 is 2.33 bits per heavy atom. The third-order valence-corrected chi connectivity index (χ3v) is 3.08. The fourth-order valence-corrected chi connectivity index (χ4v) is 2.10. The van der Waals surface area contributed by atoms with Gasteiger partial charge in [-0.05, 0) is 13.8 Å². The summed E-state index contributed by atoms with van der Waals surface area (Å²) >= 11 is 0. The molecule has 2 heterocycles. The summed E-state index contributed by atoms with van der Waals surface area (Å²) in [5, 5.41) is 7.04. The van der Waals surface area contributed by atoms with Crippen LogP contribution in [-0.4, -0.2) is 55.4 Å². The molecule has 1 saturated heterocycles. The minimum absolute atomic E-state index is 0.0492. The fraction of sp³-hybridized carbons (Fsp3) is 0.667. The largest absolute Gasteiger partial charge is 0.374 e. The molecule has 0 aromatic carbocycles. The molecule has 1 aliphatic heterocycles. The Labute approximate surface area is 106 Å². The van der Waals surface area contributed by atoms with Crippen LogP contribution in [-0.2, 0) is 4.74 Å². The molecule has 0 bridgehead atoms. The van der Waals surface area contributed by atoms with Crippen LogP contribution in [0.3, 0.4) is 0 Å². The van der Waals surface area contributed by atoms with Crippen molar-refractivity contribution in [3.8, 4) is 0 Å². The van der Waals surface area contributed by atoms with Crippen LogP contribution in [0.1, 0.15) is 21.8 Å². The summed E-state index contributed by atoms with van der Waals surface area (Å²) in [5.74, 6) is 0.493. The van der Waals surface area contributed by atoms with E-state index in [-0.39, 0.29) is 12.0 Å². The molecule has 0 aliphatic carbocycles. The Balaban J connectivity index is 2.00. The van der Waals surface area contributed by atoms with Crippen LogP contribution in [0.5, 0.6) is 0 Å². The molecule has 0 spiro atoms. The summed E-state index contributed by atoms with van der Waals surface area (Å²) in [6.07, 6.45) is 0.0492. The van der Waals surface area contributed by atoms with Crippen molar-refractivity contribution in [3.05, 3.63) is 17.0 Å². The zero-order chi connectivity index (χ0) is 13.1. The van der Waals surface area contributed by atoms with Crippen LogP contribution in [0.25, 0.3) is 0 Å². The molecule has 6 heteroatoms. The molecule has 1 atom stereocenters. The molecule has 1 N–H and O–H groups in total. The van der Waals surface area contributed by atoms with Gasteiger partial charge in [0.2, 0.25) is 0 Å². The Hall–Kier alpha value is -1.40. The lowest BCUT2D eigenvalue weighted by Crippen LogP contribution is -2.45. The number of ether oxygens (including phenoxy) is 1. The quantitative estimate of drug-likeness (QED) is 0.842. The zero-order valence-corrected chi connectivity index (χ0v) is 11.0. The first-order valence-corrected chi connectivity index (χ1v) is 6.10. The van der Waals surface area contributed by atoms with Crippen molar-refractivity contribution in [2.24, 2.45) is 0 Å². The van der Waals surface area contributed by atoms with Gasteiger partial charge in [0.15, 0.2) is 0 Å². The Kier molecular flexibility index (Phi) is 3.98. The Morgan fingerprint density at radius 1 is 1.56 bits per heavy atom. The van der Waals surface area contributed by atoms with Crippen LogP contribution in [0, 0.1) is 13.8 Å². The molecule has 0 radical (unpaired) electrons. The molecule has 2 rings (SSSR count). The van der Waals surface area contributed by atoms with Crippen LogP contribution in [0.4, 0.5) is 0 Å². The number of carbonyl (C=O) groups is 1. The van der Waals surface area contributed by atoms with E-state index in [0.29, 0.717) is 30.2 Å². The van der Waals surface area contributed by atoms with Gasteiger partial charge in [-0.2, -0.15) is 0 Å². The first-order valence-electron chi connectivity index (χ1n) is 6.10. The van der Waals surface area contributed by atoms with E-state index in [0.717, 1.165) is 13.1 Å². The summed E-state index contributed by atoms with van der Waals surface area (Å²) in [7, 11) is 1.77. The summed E-state index contributed by atoms with van der Waals surface area (Å²) in [4.78, 5) is 13.9. The first-order chi connectivity index (χ1) is 8.59. The van der Waals surface area contributed by atoms with Gasteiger partial charge >= 0.3 is 0 Å². The fourth-order valence-electron chi connectivity index (χ4n) is 2.10. The third kappa shape index (κ3) is 2.70. The van der Waals surface area contributed by atoms with Gasteiger partial charge in [-0.3, -0.25) is 4.79 Å². The van der Waals surface area contributed by atoms with Gasteiger partial charge in [0.25, 0.3) is 5.91 Å². The average Bonchev–Trinajstić information content (AvgIpc) is 2.69. The highest BCUT2D eigenvalue weighted by atomic mass is 16.5. The van der Waals surface area contributed by atoms with Crippen molar-refractivity contribution < 1.29 is 14.1 Å². The van der Waals surface area contributed by atoms with E-state index in [1.807, 2.05) is 0 Å². The summed E-state index contributed by atoms with van der Waals surface area (Å²) in [6.45, 7) is 6.43. The van der Waals surface area contributed by atoms with Crippen LogP contribution >= 0.6 is 0 Å². The molecule has 1 aromatic heterocycles. The van der Waals surface area contributed by atoms with E-state index < -0.39 is 0 Å². The second-order valence-corrected chi connectivity index (χ2v) is 4.58. The van der Waals surface area contributed by atoms with Crippen molar-refractivity contribution in [3.63, 3.8) is 0 Å². The molecule has 6 nitrogen and oxygen atoms in total. The number of morpholine rings is 1. The number of amides is 1. The van der Waals surface area contributed by atoms with Crippen molar-refractivity contribution in [2.45, 2.75) is 20.0 Å². The van der Waals surface area contributed by atoms with Gasteiger partial charge < -0.3 is 19.5 Å². The lowest BCUT2D eigenvalue weighted by molar-refractivity contribution is 0.0103. The standard InChI is InChI=1S/C12H19N3O3/c1-8-11(9(2)18-14-8)12(16)15(3)7-10-6-13-4-5-17-10/h10,13H,4-7H2,1-3H3. The molecule has 1 aromatic rings. The molecule has 1 unspecified atom stereocenters. The summed E-state index contributed by atoms with van der Waals surface area (Å²) < 4.78 is 10.6. The molecule has 0 saturated carbocycles. The number of nitrogens with one attached hydrogen (secondary N) is 1. The van der Waals surface area contributed by atoms with E-state index in [9.17, 15) is 4.79 Å².